The average molecular weight is 296 g/mol. The first-order valence-corrected chi connectivity index (χ1v) is 7.70. The van der Waals surface area contributed by atoms with Gasteiger partial charge in [0.25, 0.3) is 0 Å². The fraction of sp³-hybridized carbons (Fsp3) is 0.647. The molecule has 1 atom stereocenters. The molecule has 0 spiro atoms. The summed E-state index contributed by atoms with van der Waals surface area (Å²) in [5, 5.41) is 13.4. The molecule has 1 aromatic rings. The van der Waals surface area contributed by atoms with E-state index in [1.807, 2.05) is 26.8 Å². The standard InChI is InChI=1S/C17H29FN2O/c1-7-19-13(4)14-10-15(18)12(3)9-16(14)20(8-2)11-17(5,6)21/h9-10,13,19,21H,7-8,11H2,1-6H3. The molecule has 0 saturated heterocycles. The summed E-state index contributed by atoms with van der Waals surface area (Å²) in [7, 11) is 0. The third-order valence-electron chi connectivity index (χ3n) is 3.58. The van der Waals surface area contributed by atoms with E-state index < -0.39 is 5.60 Å². The molecule has 0 saturated carbocycles. The summed E-state index contributed by atoms with van der Waals surface area (Å²) in [6, 6.07) is 3.56. The number of aryl methyl sites for hydroxylation is 1. The third-order valence-corrected chi connectivity index (χ3v) is 3.58. The molecule has 0 bridgehead atoms. The van der Waals surface area contributed by atoms with Crippen molar-refractivity contribution in [3.05, 3.63) is 29.1 Å². The average Bonchev–Trinajstić information content (AvgIpc) is 2.38. The molecule has 0 aliphatic carbocycles. The van der Waals surface area contributed by atoms with Gasteiger partial charge in [-0.25, -0.2) is 4.39 Å². The van der Waals surface area contributed by atoms with Crippen LogP contribution in [0.5, 0.6) is 0 Å². The maximum Gasteiger partial charge on any atom is 0.126 e. The maximum atomic E-state index is 14.0. The molecule has 1 aromatic carbocycles. The number of rotatable bonds is 7. The Kier molecular flexibility index (Phi) is 6.17. The molecule has 0 fully saturated rings. The number of aliphatic hydroxyl groups is 1. The SMILES string of the molecule is CCNC(C)c1cc(F)c(C)cc1N(CC)CC(C)(C)O. The van der Waals surface area contributed by atoms with Crippen LogP contribution in [0.2, 0.25) is 0 Å². The number of halogens is 1. The molecule has 3 nitrogen and oxygen atoms in total. The number of nitrogens with zero attached hydrogens (tertiary/aromatic N) is 1. The van der Waals surface area contributed by atoms with Gasteiger partial charge in [0, 0.05) is 24.8 Å². The molecule has 0 aliphatic rings. The second-order valence-electron chi connectivity index (χ2n) is 6.27. The Bertz CT molecular complexity index is 469. The van der Waals surface area contributed by atoms with Crippen molar-refractivity contribution in [1.29, 1.82) is 0 Å². The molecule has 2 N–H and O–H groups in total. The maximum absolute atomic E-state index is 14.0. The first kappa shape index (κ1) is 17.9. The van der Waals surface area contributed by atoms with E-state index in [4.69, 9.17) is 0 Å². The highest BCUT2D eigenvalue weighted by Gasteiger charge is 2.22. The van der Waals surface area contributed by atoms with E-state index in [0.717, 1.165) is 24.3 Å². The van der Waals surface area contributed by atoms with Crippen molar-refractivity contribution in [1.82, 2.24) is 5.32 Å². The second-order valence-corrected chi connectivity index (χ2v) is 6.27. The monoisotopic (exact) mass is 296 g/mol. The van der Waals surface area contributed by atoms with Gasteiger partial charge in [-0.15, -0.1) is 0 Å². The minimum absolute atomic E-state index is 0.0657. The molecular formula is C17H29FN2O. The van der Waals surface area contributed by atoms with Crippen LogP contribution in [-0.2, 0) is 0 Å². The van der Waals surface area contributed by atoms with Gasteiger partial charge in [0.2, 0.25) is 0 Å². The number of likely N-dealkylation sites (N-methyl/N-ethyl adjacent to an activating group) is 1. The second kappa shape index (κ2) is 7.23. The van der Waals surface area contributed by atoms with Crippen LogP contribution in [0, 0.1) is 12.7 Å². The number of hydrogen-bond acceptors (Lipinski definition) is 3. The van der Waals surface area contributed by atoms with Gasteiger partial charge in [-0.2, -0.15) is 0 Å². The van der Waals surface area contributed by atoms with Crippen molar-refractivity contribution in [2.45, 2.75) is 53.2 Å². The molecular weight excluding hydrogens is 267 g/mol. The van der Waals surface area contributed by atoms with E-state index in [1.165, 1.54) is 0 Å². The van der Waals surface area contributed by atoms with Crippen LogP contribution in [-0.4, -0.2) is 30.3 Å². The fourth-order valence-corrected chi connectivity index (χ4v) is 2.55. The molecule has 21 heavy (non-hydrogen) atoms. The van der Waals surface area contributed by atoms with E-state index in [2.05, 4.69) is 10.2 Å². The highest BCUT2D eigenvalue weighted by atomic mass is 19.1. The lowest BCUT2D eigenvalue weighted by molar-refractivity contribution is 0.0875. The molecule has 0 heterocycles. The Morgan fingerprint density at radius 1 is 1.33 bits per heavy atom. The van der Waals surface area contributed by atoms with Gasteiger partial charge < -0.3 is 15.3 Å². The van der Waals surface area contributed by atoms with Crippen LogP contribution in [0.15, 0.2) is 12.1 Å². The number of nitrogens with one attached hydrogen (secondary N) is 1. The van der Waals surface area contributed by atoms with Crippen molar-refractivity contribution in [2.24, 2.45) is 0 Å². The third kappa shape index (κ3) is 4.97. The number of anilines is 1. The van der Waals surface area contributed by atoms with Crippen molar-refractivity contribution < 1.29 is 9.50 Å². The lowest BCUT2D eigenvalue weighted by Gasteiger charge is -2.33. The lowest BCUT2D eigenvalue weighted by Crippen LogP contribution is -2.39. The Morgan fingerprint density at radius 2 is 1.95 bits per heavy atom. The Labute approximate surface area is 128 Å². The van der Waals surface area contributed by atoms with Crippen molar-refractivity contribution in [2.75, 3.05) is 24.5 Å². The van der Waals surface area contributed by atoms with Gasteiger partial charge in [-0.05, 0) is 64.4 Å². The predicted molar refractivity (Wildman–Crippen MR) is 87.4 cm³/mol. The highest BCUT2D eigenvalue weighted by molar-refractivity contribution is 5.57. The van der Waals surface area contributed by atoms with Crippen LogP contribution in [0.25, 0.3) is 0 Å². The normalized spacial score (nSPS) is 13.3. The fourth-order valence-electron chi connectivity index (χ4n) is 2.55. The zero-order chi connectivity index (χ0) is 16.2. The minimum atomic E-state index is -0.795. The Balaban J connectivity index is 3.27. The zero-order valence-electron chi connectivity index (χ0n) is 14.1. The Morgan fingerprint density at radius 3 is 2.43 bits per heavy atom. The summed E-state index contributed by atoms with van der Waals surface area (Å²) < 4.78 is 14.0. The molecule has 1 rings (SSSR count). The Hall–Kier alpha value is -1.13. The first-order chi connectivity index (χ1) is 9.69. The van der Waals surface area contributed by atoms with Crippen LogP contribution < -0.4 is 10.2 Å². The summed E-state index contributed by atoms with van der Waals surface area (Å²) in [6.07, 6.45) is 0. The largest absolute Gasteiger partial charge is 0.389 e. The molecule has 0 aliphatic heterocycles. The van der Waals surface area contributed by atoms with Crippen molar-refractivity contribution in [3.63, 3.8) is 0 Å². The van der Waals surface area contributed by atoms with E-state index in [0.29, 0.717) is 12.1 Å². The van der Waals surface area contributed by atoms with Gasteiger partial charge in [-0.1, -0.05) is 6.92 Å². The summed E-state index contributed by atoms with van der Waals surface area (Å²) in [6.45, 7) is 13.6. The molecule has 0 amide bonds. The minimum Gasteiger partial charge on any atom is -0.389 e. The van der Waals surface area contributed by atoms with Crippen molar-refractivity contribution in [3.8, 4) is 0 Å². The molecule has 0 aromatic heterocycles. The van der Waals surface area contributed by atoms with Crippen LogP contribution in [0.4, 0.5) is 10.1 Å². The predicted octanol–water partition coefficient (Wildman–Crippen LogP) is 3.40. The molecule has 1 unspecified atom stereocenters. The zero-order valence-corrected chi connectivity index (χ0v) is 14.1. The topological polar surface area (TPSA) is 35.5 Å². The van der Waals surface area contributed by atoms with Gasteiger partial charge in [0.15, 0.2) is 0 Å². The van der Waals surface area contributed by atoms with Crippen LogP contribution in [0.1, 0.15) is 51.8 Å². The quantitative estimate of drug-likeness (QED) is 0.809. The smallest absolute Gasteiger partial charge is 0.126 e. The van der Waals surface area contributed by atoms with E-state index in [1.54, 1.807) is 26.8 Å². The van der Waals surface area contributed by atoms with E-state index in [-0.39, 0.29) is 11.9 Å². The number of benzene rings is 1. The summed E-state index contributed by atoms with van der Waals surface area (Å²) in [5.74, 6) is -0.183. The molecule has 120 valence electrons. The highest BCUT2D eigenvalue weighted by Crippen LogP contribution is 2.30. The van der Waals surface area contributed by atoms with E-state index in [9.17, 15) is 9.50 Å². The molecule has 0 radical (unpaired) electrons. The van der Waals surface area contributed by atoms with Gasteiger partial charge in [0.1, 0.15) is 5.82 Å². The van der Waals surface area contributed by atoms with Crippen LogP contribution in [0.3, 0.4) is 0 Å². The van der Waals surface area contributed by atoms with E-state index >= 15 is 0 Å². The number of hydrogen-bond donors (Lipinski definition) is 2. The van der Waals surface area contributed by atoms with Crippen molar-refractivity contribution >= 4 is 5.69 Å². The van der Waals surface area contributed by atoms with Crippen LogP contribution >= 0.6 is 0 Å². The summed E-state index contributed by atoms with van der Waals surface area (Å²) >= 11 is 0. The summed E-state index contributed by atoms with van der Waals surface area (Å²) in [4.78, 5) is 2.11. The van der Waals surface area contributed by atoms with Gasteiger partial charge in [-0.3, -0.25) is 0 Å². The van der Waals surface area contributed by atoms with Gasteiger partial charge >= 0.3 is 0 Å². The first-order valence-electron chi connectivity index (χ1n) is 7.70. The van der Waals surface area contributed by atoms with Gasteiger partial charge in [0.05, 0.1) is 5.60 Å². The lowest BCUT2D eigenvalue weighted by atomic mass is 10.0. The summed E-state index contributed by atoms with van der Waals surface area (Å²) in [5.41, 5.74) is 1.77. The molecule has 4 heteroatoms.